The third-order valence-corrected chi connectivity index (χ3v) is 2.49. The Labute approximate surface area is 77.3 Å². The van der Waals surface area contributed by atoms with Crippen LogP contribution in [0.5, 0.6) is 0 Å². The SMILES string of the molecule is CCCNC(CC)C(C)N(C)C. The average Bonchev–Trinajstić information content (AvgIpc) is 2.05. The van der Waals surface area contributed by atoms with Crippen LogP contribution in [0.3, 0.4) is 0 Å². The minimum Gasteiger partial charge on any atom is -0.312 e. The zero-order valence-corrected chi connectivity index (χ0v) is 9.22. The van der Waals surface area contributed by atoms with Gasteiger partial charge in [0.25, 0.3) is 0 Å². The van der Waals surface area contributed by atoms with Crippen molar-refractivity contribution < 1.29 is 0 Å². The van der Waals surface area contributed by atoms with Crippen molar-refractivity contribution in [1.29, 1.82) is 0 Å². The summed E-state index contributed by atoms with van der Waals surface area (Å²) in [6, 6.07) is 1.27. The fourth-order valence-electron chi connectivity index (χ4n) is 1.35. The Balaban J connectivity index is 3.79. The highest BCUT2D eigenvalue weighted by Gasteiger charge is 2.15. The lowest BCUT2D eigenvalue weighted by Crippen LogP contribution is -2.45. The van der Waals surface area contributed by atoms with E-state index in [1.807, 2.05) is 0 Å². The summed E-state index contributed by atoms with van der Waals surface area (Å²) >= 11 is 0. The maximum Gasteiger partial charge on any atom is 0.0217 e. The van der Waals surface area contributed by atoms with Crippen LogP contribution < -0.4 is 5.32 Å². The number of nitrogens with one attached hydrogen (secondary N) is 1. The summed E-state index contributed by atoms with van der Waals surface area (Å²) in [5, 5.41) is 3.56. The van der Waals surface area contributed by atoms with Gasteiger partial charge in [0.05, 0.1) is 0 Å². The van der Waals surface area contributed by atoms with Crippen LogP contribution in [0.25, 0.3) is 0 Å². The molecule has 2 nitrogen and oxygen atoms in total. The van der Waals surface area contributed by atoms with Crippen LogP contribution in [0, 0.1) is 0 Å². The Bertz CT molecular complexity index is 102. The molecule has 0 aliphatic carbocycles. The van der Waals surface area contributed by atoms with E-state index in [1.165, 1.54) is 12.8 Å². The summed E-state index contributed by atoms with van der Waals surface area (Å²) < 4.78 is 0. The molecule has 0 heterocycles. The van der Waals surface area contributed by atoms with Gasteiger partial charge in [-0.25, -0.2) is 0 Å². The summed E-state index contributed by atoms with van der Waals surface area (Å²) in [4.78, 5) is 2.27. The van der Waals surface area contributed by atoms with E-state index < -0.39 is 0 Å². The van der Waals surface area contributed by atoms with Gasteiger partial charge in [-0.3, -0.25) is 0 Å². The van der Waals surface area contributed by atoms with Crippen molar-refractivity contribution in [2.75, 3.05) is 20.6 Å². The van der Waals surface area contributed by atoms with E-state index in [9.17, 15) is 0 Å². The van der Waals surface area contributed by atoms with Gasteiger partial charge in [-0.05, 0) is 40.4 Å². The van der Waals surface area contributed by atoms with E-state index in [0.29, 0.717) is 12.1 Å². The van der Waals surface area contributed by atoms with Crippen molar-refractivity contribution in [2.24, 2.45) is 0 Å². The highest BCUT2D eigenvalue weighted by Crippen LogP contribution is 2.03. The molecular weight excluding hydrogens is 148 g/mol. The van der Waals surface area contributed by atoms with Crippen molar-refractivity contribution in [3.8, 4) is 0 Å². The highest BCUT2D eigenvalue weighted by atomic mass is 15.1. The molecule has 0 saturated heterocycles. The standard InChI is InChI=1S/C10H24N2/c1-6-8-11-10(7-2)9(3)12(4)5/h9-11H,6-8H2,1-5H3. The first-order chi connectivity index (χ1) is 5.63. The third-order valence-electron chi connectivity index (χ3n) is 2.49. The zero-order chi connectivity index (χ0) is 9.56. The number of hydrogen-bond donors (Lipinski definition) is 1. The van der Waals surface area contributed by atoms with Crippen molar-refractivity contribution in [2.45, 2.75) is 45.7 Å². The van der Waals surface area contributed by atoms with Gasteiger partial charge >= 0.3 is 0 Å². The van der Waals surface area contributed by atoms with Crippen molar-refractivity contribution in [1.82, 2.24) is 10.2 Å². The summed E-state index contributed by atoms with van der Waals surface area (Å²) in [6.45, 7) is 7.86. The van der Waals surface area contributed by atoms with Gasteiger partial charge in [-0.1, -0.05) is 13.8 Å². The molecule has 2 heteroatoms. The summed E-state index contributed by atoms with van der Waals surface area (Å²) in [5.74, 6) is 0. The predicted molar refractivity (Wildman–Crippen MR) is 55.5 cm³/mol. The molecule has 0 amide bonds. The molecule has 0 fully saturated rings. The Hall–Kier alpha value is -0.0800. The van der Waals surface area contributed by atoms with E-state index in [-0.39, 0.29) is 0 Å². The maximum absolute atomic E-state index is 3.56. The molecule has 2 unspecified atom stereocenters. The molecule has 0 bridgehead atoms. The fraction of sp³-hybridized carbons (Fsp3) is 1.00. The van der Waals surface area contributed by atoms with Gasteiger partial charge in [-0.2, -0.15) is 0 Å². The van der Waals surface area contributed by atoms with Crippen molar-refractivity contribution in [3.63, 3.8) is 0 Å². The second-order valence-corrected chi connectivity index (χ2v) is 3.67. The van der Waals surface area contributed by atoms with Crippen molar-refractivity contribution >= 4 is 0 Å². The Morgan fingerprint density at radius 2 is 1.83 bits per heavy atom. The normalized spacial score (nSPS) is 16.5. The molecule has 0 aliphatic rings. The van der Waals surface area contributed by atoms with Crippen LogP contribution in [-0.4, -0.2) is 37.6 Å². The molecule has 12 heavy (non-hydrogen) atoms. The Kier molecular flexibility index (Phi) is 6.39. The van der Waals surface area contributed by atoms with E-state index in [2.05, 4.69) is 45.1 Å². The molecule has 0 aromatic rings. The summed E-state index contributed by atoms with van der Waals surface area (Å²) in [6.07, 6.45) is 2.43. The van der Waals surface area contributed by atoms with E-state index in [4.69, 9.17) is 0 Å². The second-order valence-electron chi connectivity index (χ2n) is 3.67. The lowest BCUT2D eigenvalue weighted by atomic mass is 10.1. The molecule has 0 radical (unpaired) electrons. The van der Waals surface area contributed by atoms with Crippen LogP contribution in [0.4, 0.5) is 0 Å². The highest BCUT2D eigenvalue weighted by molar-refractivity contribution is 4.76. The first-order valence-electron chi connectivity index (χ1n) is 5.03. The van der Waals surface area contributed by atoms with Gasteiger partial charge in [0.15, 0.2) is 0 Å². The van der Waals surface area contributed by atoms with Gasteiger partial charge in [-0.15, -0.1) is 0 Å². The van der Waals surface area contributed by atoms with Gasteiger partial charge in [0.1, 0.15) is 0 Å². The molecule has 1 N–H and O–H groups in total. The molecule has 0 aromatic carbocycles. The Morgan fingerprint density at radius 1 is 1.25 bits per heavy atom. The first-order valence-corrected chi connectivity index (χ1v) is 5.03. The van der Waals surface area contributed by atoms with Crippen LogP contribution in [-0.2, 0) is 0 Å². The van der Waals surface area contributed by atoms with E-state index >= 15 is 0 Å². The third kappa shape index (κ3) is 4.07. The van der Waals surface area contributed by atoms with Crippen LogP contribution in [0.1, 0.15) is 33.6 Å². The maximum atomic E-state index is 3.56. The molecule has 74 valence electrons. The molecule has 0 saturated carbocycles. The number of rotatable bonds is 6. The second kappa shape index (κ2) is 6.44. The molecular formula is C10H24N2. The molecule has 0 rings (SSSR count). The lowest BCUT2D eigenvalue weighted by molar-refractivity contribution is 0.241. The molecule has 0 spiro atoms. The average molecular weight is 172 g/mol. The topological polar surface area (TPSA) is 15.3 Å². The van der Waals surface area contributed by atoms with Gasteiger partial charge in [0.2, 0.25) is 0 Å². The monoisotopic (exact) mass is 172 g/mol. The quantitative estimate of drug-likeness (QED) is 0.656. The van der Waals surface area contributed by atoms with Crippen LogP contribution in [0.2, 0.25) is 0 Å². The number of nitrogens with zero attached hydrogens (tertiary/aromatic N) is 1. The lowest BCUT2D eigenvalue weighted by Gasteiger charge is -2.29. The van der Waals surface area contributed by atoms with Crippen LogP contribution >= 0.6 is 0 Å². The largest absolute Gasteiger partial charge is 0.312 e. The predicted octanol–water partition coefficient (Wildman–Crippen LogP) is 1.71. The smallest absolute Gasteiger partial charge is 0.0217 e. The van der Waals surface area contributed by atoms with E-state index in [0.717, 1.165) is 6.54 Å². The molecule has 0 aliphatic heterocycles. The zero-order valence-electron chi connectivity index (χ0n) is 9.22. The minimum absolute atomic E-state index is 0.626. The van der Waals surface area contributed by atoms with E-state index in [1.54, 1.807) is 0 Å². The van der Waals surface area contributed by atoms with Crippen molar-refractivity contribution in [3.05, 3.63) is 0 Å². The Morgan fingerprint density at radius 3 is 2.17 bits per heavy atom. The summed E-state index contributed by atoms with van der Waals surface area (Å²) in [5.41, 5.74) is 0. The van der Waals surface area contributed by atoms with Crippen LogP contribution in [0.15, 0.2) is 0 Å². The first kappa shape index (κ1) is 11.9. The van der Waals surface area contributed by atoms with Gasteiger partial charge in [0, 0.05) is 12.1 Å². The fourth-order valence-corrected chi connectivity index (χ4v) is 1.35. The minimum atomic E-state index is 0.626. The molecule has 0 aromatic heterocycles. The molecule has 2 atom stereocenters. The number of likely N-dealkylation sites (N-methyl/N-ethyl adjacent to an activating group) is 1. The summed E-state index contributed by atoms with van der Waals surface area (Å²) in [7, 11) is 4.28. The van der Waals surface area contributed by atoms with Gasteiger partial charge < -0.3 is 10.2 Å². The number of hydrogen-bond acceptors (Lipinski definition) is 2.